The third-order valence-electron chi connectivity index (χ3n) is 8.95. The van der Waals surface area contributed by atoms with Crippen LogP contribution in [0.3, 0.4) is 0 Å². The lowest BCUT2D eigenvalue weighted by Gasteiger charge is -2.45. The summed E-state index contributed by atoms with van der Waals surface area (Å²) < 4.78 is 6.14. The number of aliphatic carboxylic acids is 1. The highest BCUT2D eigenvalue weighted by atomic mass is 16.7. The fourth-order valence-electron chi connectivity index (χ4n) is 6.63. The summed E-state index contributed by atoms with van der Waals surface area (Å²) in [5, 5.41) is 13.8. The summed E-state index contributed by atoms with van der Waals surface area (Å²) in [5.41, 5.74) is 5.48. The molecular formula is C28H38N2O4. The van der Waals surface area contributed by atoms with Gasteiger partial charge >= 0.3 is 5.97 Å². The van der Waals surface area contributed by atoms with Crippen LogP contribution in [0.5, 0.6) is 5.75 Å². The number of benzene rings is 1. The van der Waals surface area contributed by atoms with Gasteiger partial charge in [-0.05, 0) is 87.3 Å². The van der Waals surface area contributed by atoms with E-state index >= 15 is 0 Å². The van der Waals surface area contributed by atoms with Gasteiger partial charge in [0.1, 0.15) is 5.75 Å². The normalized spacial score (nSPS) is 28.7. The molecule has 34 heavy (non-hydrogen) atoms. The van der Waals surface area contributed by atoms with Gasteiger partial charge in [-0.2, -0.15) is 0 Å². The van der Waals surface area contributed by atoms with Crippen LogP contribution in [0, 0.1) is 11.8 Å². The van der Waals surface area contributed by atoms with Gasteiger partial charge in [0.15, 0.2) is 5.60 Å². The molecule has 5 aliphatic rings. The molecule has 0 amide bonds. The van der Waals surface area contributed by atoms with E-state index in [0.29, 0.717) is 12.5 Å². The van der Waals surface area contributed by atoms with Gasteiger partial charge in [0.05, 0.1) is 18.2 Å². The number of carboxylic acid groups (broad SMARTS) is 1. The van der Waals surface area contributed by atoms with E-state index in [1.54, 1.807) is 11.1 Å². The predicted molar refractivity (Wildman–Crippen MR) is 130 cm³/mol. The van der Waals surface area contributed by atoms with Gasteiger partial charge < -0.3 is 14.7 Å². The van der Waals surface area contributed by atoms with Crippen LogP contribution in [0.1, 0.15) is 99.7 Å². The van der Waals surface area contributed by atoms with Gasteiger partial charge in [-0.3, -0.25) is 9.69 Å². The van der Waals surface area contributed by atoms with E-state index in [1.807, 2.05) is 0 Å². The fourth-order valence-corrected chi connectivity index (χ4v) is 6.63. The molecule has 6 heteroatoms. The van der Waals surface area contributed by atoms with Crippen LogP contribution in [0.25, 0.3) is 0 Å². The molecule has 2 aliphatic heterocycles. The molecule has 4 fully saturated rings. The monoisotopic (exact) mass is 466 g/mol. The molecule has 0 unspecified atom stereocenters. The lowest BCUT2D eigenvalue weighted by molar-refractivity contribution is -0.142. The zero-order chi connectivity index (χ0) is 23.3. The highest BCUT2D eigenvalue weighted by Gasteiger charge is 2.51. The number of nitrogens with zero attached hydrogens (tertiary/aromatic N) is 2. The van der Waals surface area contributed by atoms with Crippen molar-refractivity contribution in [2.45, 2.75) is 95.1 Å². The largest absolute Gasteiger partial charge is 0.494 e. The lowest BCUT2D eigenvalue weighted by atomic mass is 9.76. The van der Waals surface area contributed by atoms with Crippen molar-refractivity contribution in [2.75, 3.05) is 19.7 Å². The Morgan fingerprint density at radius 2 is 1.74 bits per heavy atom. The summed E-state index contributed by atoms with van der Waals surface area (Å²) in [6.45, 7) is 5.49. The summed E-state index contributed by atoms with van der Waals surface area (Å²) in [5.74, 6) is 2.15. The number of ether oxygens (including phenoxy) is 1. The fraction of sp³-hybridized carbons (Fsp3) is 0.714. The van der Waals surface area contributed by atoms with Gasteiger partial charge in [-0.25, -0.2) is 0 Å². The van der Waals surface area contributed by atoms with Crippen molar-refractivity contribution in [2.24, 2.45) is 17.0 Å². The zero-order valence-electron chi connectivity index (χ0n) is 20.4. The van der Waals surface area contributed by atoms with Crippen LogP contribution >= 0.6 is 0 Å². The molecule has 3 saturated carbocycles. The molecule has 1 aromatic rings. The molecule has 6 rings (SSSR count). The molecular weight excluding hydrogens is 428 g/mol. The molecule has 1 saturated heterocycles. The molecule has 1 aromatic carbocycles. The van der Waals surface area contributed by atoms with E-state index in [4.69, 9.17) is 9.57 Å². The number of hydrogen-bond donors (Lipinski definition) is 1. The summed E-state index contributed by atoms with van der Waals surface area (Å²) in [7, 11) is 0. The van der Waals surface area contributed by atoms with Crippen molar-refractivity contribution in [1.82, 2.24) is 4.90 Å². The molecule has 1 spiro atoms. The van der Waals surface area contributed by atoms with Crippen molar-refractivity contribution >= 4 is 11.7 Å². The minimum atomic E-state index is -0.647. The Bertz CT molecular complexity index is 967. The van der Waals surface area contributed by atoms with Gasteiger partial charge in [0.25, 0.3) is 0 Å². The van der Waals surface area contributed by atoms with Gasteiger partial charge in [-0.1, -0.05) is 17.6 Å². The number of rotatable bonds is 8. The van der Waals surface area contributed by atoms with Crippen molar-refractivity contribution < 1.29 is 19.5 Å². The quantitative estimate of drug-likeness (QED) is 0.551. The number of likely N-dealkylation sites (tertiary alicyclic amines) is 1. The average Bonchev–Trinajstić information content (AvgIpc) is 3.52. The maximum absolute atomic E-state index is 11.3. The molecule has 0 radical (unpaired) electrons. The summed E-state index contributed by atoms with van der Waals surface area (Å²) in [6, 6.07) is 4.85. The Balaban J connectivity index is 1.09. The number of oxime groups is 1. The second-order valence-corrected chi connectivity index (χ2v) is 11.5. The molecule has 6 nitrogen and oxygen atoms in total. The summed E-state index contributed by atoms with van der Waals surface area (Å²) in [4.78, 5) is 19.7. The highest BCUT2D eigenvalue weighted by molar-refractivity contribution is 5.89. The minimum absolute atomic E-state index is 0.171. The highest BCUT2D eigenvalue weighted by Crippen LogP contribution is 2.49. The van der Waals surface area contributed by atoms with E-state index in [-0.39, 0.29) is 11.5 Å². The summed E-state index contributed by atoms with van der Waals surface area (Å²) >= 11 is 0. The third-order valence-corrected chi connectivity index (χ3v) is 8.95. The Labute approximate surface area is 202 Å². The minimum Gasteiger partial charge on any atom is -0.494 e. The molecule has 3 aliphatic carbocycles. The van der Waals surface area contributed by atoms with Gasteiger partial charge in [0, 0.05) is 37.5 Å². The Kier molecular flexibility index (Phi) is 5.83. The average molecular weight is 467 g/mol. The van der Waals surface area contributed by atoms with E-state index < -0.39 is 5.97 Å². The lowest BCUT2D eigenvalue weighted by Crippen LogP contribution is -2.61. The topological polar surface area (TPSA) is 71.4 Å². The van der Waals surface area contributed by atoms with Crippen LogP contribution in [0.4, 0.5) is 0 Å². The molecule has 184 valence electrons. The van der Waals surface area contributed by atoms with Crippen LogP contribution in [-0.4, -0.2) is 47.0 Å². The third kappa shape index (κ3) is 4.23. The predicted octanol–water partition coefficient (Wildman–Crippen LogP) is 5.45. The van der Waals surface area contributed by atoms with E-state index in [2.05, 4.69) is 29.1 Å². The standard InChI is InChI=1S/C28H38N2O4/c1-2-33-26-13-24(18-4-3-5-18)23(19-6-7-19)12-22(26)15-30-16-28(17-30)14-25(29-34-28)20-8-10-21(11-9-20)27(31)32/h12-13,18-21H,2-11,14-17H2,1H3,(H,31,32). The zero-order valence-corrected chi connectivity index (χ0v) is 20.4. The Hall–Kier alpha value is -2.08. The number of carbonyl (C=O) groups is 1. The van der Waals surface area contributed by atoms with Crippen LogP contribution in [-0.2, 0) is 16.2 Å². The van der Waals surface area contributed by atoms with E-state index in [1.165, 1.54) is 43.4 Å². The van der Waals surface area contributed by atoms with Crippen molar-refractivity contribution in [3.63, 3.8) is 0 Å². The smallest absolute Gasteiger partial charge is 0.306 e. The maximum Gasteiger partial charge on any atom is 0.306 e. The first-order chi connectivity index (χ1) is 16.5. The molecule has 2 heterocycles. The first-order valence-electron chi connectivity index (χ1n) is 13.5. The van der Waals surface area contributed by atoms with Crippen LogP contribution in [0.2, 0.25) is 0 Å². The van der Waals surface area contributed by atoms with Crippen LogP contribution in [0.15, 0.2) is 17.3 Å². The van der Waals surface area contributed by atoms with E-state index in [9.17, 15) is 9.90 Å². The molecule has 1 N–H and O–H groups in total. The SMILES string of the molecule is CCOc1cc(C2CCC2)c(C2CC2)cc1CN1CC2(CC(C3CCC(C(=O)O)CC3)=NO2)C1. The molecule has 0 bridgehead atoms. The Morgan fingerprint density at radius 3 is 2.35 bits per heavy atom. The number of hydrogen-bond acceptors (Lipinski definition) is 5. The second kappa shape index (κ2) is 8.85. The second-order valence-electron chi connectivity index (χ2n) is 11.5. The Morgan fingerprint density at radius 1 is 1.06 bits per heavy atom. The van der Waals surface area contributed by atoms with Crippen molar-refractivity contribution in [3.05, 3.63) is 28.8 Å². The number of carboxylic acids is 1. The maximum atomic E-state index is 11.3. The van der Waals surface area contributed by atoms with Crippen molar-refractivity contribution in [1.29, 1.82) is 0 Å². The first-order valence-corrected chi connectivity index (χ1v) is 13.5. The van der Waals surface area contributed by atoms with Crippen LogP contribution < -0.4 is 4.74 Å². The first kappa shape index (κ1) is 22.4. The molecule has 0 aromatic heterocycles. The van der Waals surface area contributed by atoms with Crippen molar-refractivity contribution in [3.8, 4) is 5.75 Å². The summed E-state index contributed by atoms with van der Waals surface area (Å²) in [6.07, 6.45) is 11.0. The van der Waals surface area contributed by atoms with E-state index in [0.717, 1.165) is 69.3 Å². The van der Waals surface area contributed by atoms with Gasteiger partial charge in [-0.15, -0.1) is 0 Å². The molecule has 0 atom stereocenters. The van der Waals surface area contributed by atoms with Gasteiger partial charge in [0.2, 0.25) is 0 Å².